The average Bonchev–Trinajstić information content (AvgIpc) is 2.74. The van der Waals surface area contributed by atoms with Crippen molar-refractivity contribution in [1.82, 2.24) is 0 Å². The first kappa shape index (κ1) is 23.9. The molecule has 0 saturated carbocycles. The normalized spacial score (nSPS) is 10.8. The molecule has 0 atom stereocenters. The van der Waals surface area contributed by atoms with Gasteiger partial charge in [0.2, 0.25) is 0 Å². The van der Waals surface area contributed by atoms with Gasteiger partial charge in [0.1, 0.15) is 0 Å². The van der Waals surface area contributed by atoms with Crippen LogP contribution in [0.4, 0.5) is 0 Å². The number of hydrogen-bond donors (Lipinski definition) is 0. The molecule has 0 aromatic heterocycles. The van der Waals surface area contributed by atoms with Gasteiger partial charge in [-0.15, -0.1) is 0 Å². The average molecular weight is 466 g/mol. The van der Waals surface area contributed by atoms with E-state index >= 15 is 0 Å². The van der Waals surface area contributed by atoms with E-state index in [1.807, 2.05) is 0 Å². The summed E-state index contributed by atoms with van der Waals surface area (Å²) in [6, 6.07) is 27.0. The van der Waals surface area contributed by atoms with E-state index in [1.165, 1.54) is 48.2 Å². The topological polar surface area (TPSA) is 0 Å². The fourth-order valence-corrected chi connectivity index (χ4v) is 8.25. The molecule has 0 amide bonds. The molecule has 0 heterocycles. The van der Waals surface area contributed by atoms with E-state index in [-0.39, 0.29) is 14.7 Å². The summed E-state index contributed by atoms with van der Waals surface area (Å²) in [6.45, 7) is 13.4. The van der Waals surface area contributed by atoms with E-state index in [0.717, 1.165) is 0 Å². The molecule has 2 heteroatoms. The third-order valence-corrected chi connectivity index (χ3v) is 13.3. The molecule has 0 nitrogen and oxygen atoms in total. The van der Waals surface area contributed by atoms with Crippen LogP contribution in [0.5, 0.6) is 0 Å². The van der Waals surface area contributed by atoms with E-state index in [2.05, 4.69) is 114 Å². The molecule has 0 aliphatic carbocycles. The summed E-state index contributed by atoms with van der Waals surface area (Å²) >= 11 is -0.229. The van der Waals surface area contributed by atoms with Crippen molar-refractivity contribution in [2.75, 3.05) is 0 Å². The Morgan fingerprint density at radius 3 is 0.897 bits per heavy atom. The van der Waals surface area contributed by atoms with Crippen molar-refractivity contribution in [3.05, 3.63) is 89.5 Å². The minimum Gasteiger partial charge on any atom is -0.0587 e. The molecule has 0 aliphatic heterocycles. The summed E-state index contributed by atoms with van der Waals surface area (Å²) in [5, 5.41) is 8.73. The van der Waals surface area contributed by atoms with Crippen molar-refractivity contribution < 1.29 is 0 Å². The smallest absolute Gasteiger partial charge is 0.0134 e. The molecular weight excluding hydrogens is 430 g/mol. The van der Waals surface area contributed by atoms with Gasteiger partial charge >= 0.3 is 51.0 Å². The molecule has 3 aromatic rings. The van der Waals surface area contributed by atoms with Crippen molar-refractivity contribution in [2.45, 2.75) is 57.2 Å². The second-order valence-corrected chi connectivity index (χ2v) is 16.5. The summed E-state index contributed by atoms with van der Waals surface area (Å²) in [5.74, 6) is 0. The first-order chi connectivity index (χ1) is 14.0. The van der Waals surface area contributed by atoms with Gasteiger partial charge in [-0.1, -0.05) is 89.5 Å². The molecule has 0 bridgehead atoms. The first-order valence-electron chi connectivity index (χ1n) is 10.7. The van der Waals surface area contributed by atoms with Crippen LogP contribution in [0.1, 0.15) is 37.5 Å². The van der Waals surface area contributed by atoms with E-state index < -0.39 is 7.92 Å². The zero-order chi connectivity index (χ0) is 21.2. The Morgan fingerprint density at radius 1 is 0.483 bits per heavy atom. The van der Waals surface area contributed by atoms with Crippen molar-refractivity contribution in [2.24, 2.45) is 0 Å². The number of benzene rings is 3. The zero-order valence-corrected chi connectivity index (χ0v) is 21.7. The molecule has 0 fully saturated rings. The maximum atomic E-state index is 2.33. The molecule has 0 aliphatic rings. The fourth-order valence-electron chi connectivity index (χ4n) is 3.20. The maximum absolute atomic E-state index is 2.33. The molecule has 3 rings (SSSR count). The Labute approximate surface area is 184 Å². The zero-order valence-electron chi connectivity index (χ0n) is 18.9. The van der Waals surface area contributed by atoms with Crippen molar-refractivity contribution >= 4 is 38.5 Å². The third-order valence-electron chi connectivity index (χ3n) is 5.22. The molecule has 154 valence electrons. The Morgan fingerprint density at radius 2 is 0.724 bits per heavy atom. The van der Waals surface area contributed by atoms with Crippen LogP contribution in [0.3, 0.4) is 0 Å². The van der Waals surface area contributed by atoms with Gasteiger partial charge in [-0.25, -0.2) is 0 Å². The standard InChI is InChI=1S/C21H21P.C6H15As/c1-16-4-10-19(11-5-16)22(20-12-6-17(2)7-13-20)21-14-8-18(3)9-15-21;1-4-7(5-2)6-3/h4-15H,1-3H3;4-6H2,1-3H3. The van der Waals surface area contributed by atoms with Crippen LogP contribution in [0.15, 0.2) is 72.8 Å². The number of hydrogen-bond acceptors (Lipinski definition) is 0. The molecule has 0 N–H and O–H groups in total. The monoisotopic (exact) mass is 466 g/mol. The fraction of sp³-hybridized carbons (Fsp3) is 0.333. The van der Waals surface area contributed by atoms with Gasteiger partial charge in [0.05, 0.1) is 0 Å². The van der Waals surface area contributed by atoms with Crippen LogP contribution < -0.4 is 15.9 Å². The Bertz CT molecular complexity index is 718. The summed E-state index contributed by atoms with van der Waals surface area (Å²) in [5.41, 5.74) is 3.93. The van der Waals surface area contributed by atoms with Gasteiger partial charge in [-0.2, -0.15) is 0 Å². The van der Waals surface area contributed by atoms with Crippen LogP contribution in [0.2, 0.25) is 15.6 Å². The van der Waals surface area contributed by atoms with Gasteiger partial charge in [0.25, 0.3) is 0 Å². The van der Waals surface area contributed by atoms with Crippen LogP contribution in [0.25, 0.3) is 0 Å². The van der Waals surface area contributed by atoms with E-state index in [0.29, 0.717) is 0 Å². The van der Waals surface area contributed by atoms with Crippen LogP contribution >= 0.6 is 7.92 Å². The molecule has 3 aromatic carbocycles. The Hall–Kier alpha value is -1.35. The largest absolute Gasteiger partial charge is 0.0587 e. The molecule has 0 spiro atoms. The number of aryl methyl sites for hydroxylation is 3. The minimum atomic E-state index is -0.483. The molecule has 0 radical (unpaired) electrons. The first-order valence-corrected chi connectivity index (χ1v) is 16.0. The Kier molecular flexibility index (Phi) is 10.2. The molecule has 0 saturated heterocycles. The predicted molar refractivity (Wildman–Crippen MR) is 137 cm³/mol. The van der Waals surface area contributed by atoms with Crippen molar-refractivity contribution in [1.29, 1.82) is 0 Å². The third kappa shape index (κ3) is 7.44. The molecule has 29 heavy (non-hydrogen) atoms. The maximum Gasteiger partial charge on any atom is -0.0134 e. The summed E-state index contributed by atoms with van der Waals surface area (Å²) in [4.78, 5) is 0. The van der Waals surface area contributed by atoms with Gasteiger partial charge < -0.3 is 0 Å². The quantitative estimate of drug-likeness (QED) is 0.274. The Balaban J connectivity index is 0.000000370. The van der Waals surface area contributed by atoms with Crippen LogP contribution in [-0.4, -0.2) is 14.7 Å². The van der Waals surface area contributed by atoms with E-state index in [9.17, 15) is 0 Å². The summed E-state index contributed by atoms with van der Waals surface area (Å²) in [6.07, 6.45) is 0. The summed E-state index contributed by atoms with van der Waals surface area (Å²) < 4.78 is 0. The molecule has 0 unspecified atom stereocenters. The van der Waals surface area contributed by atoms with E-state index in [1.54, 1.807) is 0 Å². The SMILES string of the molecule is CC[As](CC)CC.Cc1ccc(P(c2ccc(C)cc2)c2ccc(C)cc2)cc1. The van der Waals surface area contributed by atoms with Crippen molar-refractivity contribution in [3.8, 4) is 0 Å². The predicted octanol–water partition coefficient (Wildman–Crippen LogP) is 6.91. The minimum absolute atomic E-state index is 0.229. The number of rotatable bonds is 6. The second kappa shape index (κ2) is 12.4. The van der Waals surface area contributed by atoms with Crippen molar-refractivity contribution in [3.63, 3.8) is 0 Å². The van der Waals surface area contributed by atoms with Gasteiger partial charge in [-0.3, -0.25) is 0 Å². The van der Waals surface area contributed by atoms with Crippen LogP contribution in [-0.2, 0) is 0 Å². The van der Waals surface area contributed by atoms with Gasteiger partial charge in [0, 0.05) is 0 Å². The molecular formula is C27H36AsP. The second-order valence-electron chi connectivity index (χ2n) is 7.46. The van der Waals surface area contributed by atoms with Gasteiger partial charge in [0.15, 0.2) is 0 Å². The van der Waals surface area contributed by atoms with Crippen LogP contribution in [0, 0.1) is 20.8 Å². The van der Waals surface area contributed by atoms with E-state index in [4.69, 9.17) is 0 Å². The summed E-state index contributed by atoms with van der Waals surface area (Å²) in [7, 11) is -0.483. The van der Waals surface area contributed by atoms with Gasteiger partial charge in [-0.05, 0) is 44.6 Å².